The summed E-state index contributed by atoms with van der Waals surface area (Å²) in [5.74, 6) is 0.470. The van der Waals surface area contributed by atoms with Crippen LogP contribution in [0.3, 0.4) is 0 Å². The Kier molecular flexibility index (Phi) is 7.50. The van der Waals surface area contributed by atoms with Crippen molar-refractivity contribution >= 4 is 36.0 Å². The van der Waals surface area contributed by atoms with Crippen LogP contribution >= 0.6 is 19.2 Å². The van der Waals surface area contributed by atoms with Crippen LogP contribution in [0, 0.1) is 0 Å². The van der Waals surface area contributed by atoms with E-state index in [0.717, 1.165) is 12.8 Å². The number of hydrogen-bond donors (Lipinski definition) is 5. The lowest BCUT2D eigenvalue weighted by Crippen LogP contribution is -2.40. The van der Waals surface area contributed by atoms with Crippen molar-refractivity contribution in [2.45, 2.75) is 55.7 Å². The normalized spacial score (nSPS) is 27.0. The predicted molar refractivity (Wildman–Crippen MR) is 136 cm³/mol. The van der Waals surface area contributed by atoms with Gasteiger partial charge >= 0.3 is 7.60 Å². The number of hydrogen-bond acceptors (Lipinski definition) is 10. The van der Waals surface area contributed by atoms with Crippen LogP contribution in [0.4, 0.5) is 5.82 Å². The molecule has 5 N–H and O–H groups in total. The number of nitrogens with one attached hydrogen (secondary N) is 1. The van der Waals surface area contributed by atoms with Crippen molar-refractivity contribution in [2.24, 2.45) is 0 Å². The lowest BCUT2D eigenvalue weighted by molar-refractivity contribution is -0.107. The highest BCUT2D eigenvalue weighted by Crippen LogP contribution is 2.51. The number of ether oxygens (including phenoxy) is 3. The molecular formula is C23H29ClN5O8P. The Morgan fingerprint density at radius 1 is 1.26 bits per heavy atom. The number of aliphatic hydroxyl groups is 2. The third kappa shape index (κ3) is 4.94. The maximum absolute atomic E-state index is 11.9. The molecule has 1 saturated heterocycles. The molecule has 0 radical (unpaired) electrons. The summed E-state index contributed by atoms with van der Waals surface area (Å²) >= 11 is 6.25. The van der Waals surface area contributed by atoms with Gasteiger partial charge in [-0.1, -0.05) is 24.3 Å². The number of anilines is 1. The topological polar surface area (TPSA) is 181 Å². The first-order valence-corrected chi connectivity index (χ1v) is 14.0. The van der Waals surface area contributed by atoms with Crippen LogP contribution in [0.1, 0.15) is 36.7 Å². The second-order valence-corrected chi connectivity index (χ2v) is 12.0. The molecule has 0 amide bonds. The molecule has 13 nitrogen and oxygen atoms in total. The lowest BCUT2D eigenvalue weighted by atomic mass is 10.1. The molecular weight excluding hydrogens is 541 g/mol. The number of benzene rings is 1. The minimum Gasteiger partial charge on any atom is -0.387 e. The minimum absolute atomic E-state index is 0.0239. The van der Waals surface area contributed by atoms with Gasteiger partial charge < -0.3 is 39.5 Å². The fraction of sp³-hybridized carbons (Fsp3) is 0.522. The highest BCUT2D eigenvalue weighted by Gasteiger charge is 2.49. The predicted octanol–water partition coefficient (Wildman–Crippen LogP) is 1.76. The van der Waals surface area contributed by atoms with E-state index in [1.54, 1.807) is 0 Å². The fourth-order valence-electron chi connectivity index (χ4n) is 4.88. The van der Waals surface area contributed by atoms with Crippen molar-refractivity contribution in [3.8, 4) is 0 Å². The molecule has 0 spiro atoms. The molecule has 0 saturated carbocycles. The van der Waals surface area contributed by atoms with Crippen molar-refractivity contribution in [3.05, 3.63) is 46.9 Å². The van der Waals surface area contributed by atoms with Gasteiger partial charge in [0.05, 0.1) is 30.8 Å². The van der Waals surface area contributed by atoms with Gasteiger partial charge in [0.1, 0.15) is 24.1 Å². The van der Waals surface area contributed by atoms with Gasteiger partial charge in [0, 0.05) is 7.11 Å². The van der Waals surface area contributed by atoms with E-state index >= 15 is 0 Å². The molecule has 2 aliphatic rings. The maximum atomic E-state index is 11.9. The fourth-order valence-corrected chi connectivity index (χ4v) is 5.58. The first-order valence-electron chi connectivity index (χ1n) is 12.0. The zero-order chi connectivity index (χ0) is 27.2. The third-order valence-electron chi connectivity index (χ3n) is 7.04. The van der Waals surface area contributed by atoms with Crippen molar-refractivity contribution in [1.29, 1.82) is 0 Å². The summed E-state index contributed by atoms with van der Waals surface area (Å²) in [4.78, 5) is 28.0. The molecule has 3 aromatic rings. The lowest BCUT2D eigenvalue weighted by Gasteiger charge is -2.31. The molecule has 3 heterocycles. The van der Waals surface area contributed by atoms with E-state index in [-0.39, 0.29) is 17.0 Å². The molecule has 2 aromatic heterocycles. The standard InChI is InChI=1S/C23H29ClN5O8P/c1-23(11-35-2,38(32,33)34)36-10-16-17(30)18(31)21(37-16)29-20-14(9-25-29)19(27-22(24)28-20)26-15-8-7-12-5-3-4-6-13(12)15/h3-6,9,15-18,21,30-31H,7-8,10-11H2,1-2H3,(H,26,27,28)(H2,32,33,34)/t15-,16-,17-,18-,21-,23?/m1/s1. The first-order chi connectivity index (χ1) is 18.0. The van der Waals surface area contributed by atoms with E-state index < -0.39 is 50.7 Å². The second-order valence-electron chi connectivity index (χ2n) is 9.61. The zero-order valence-corrected chi connectivity index (χ0v) is 22.3. The van der Waals surface area contributed by atoms with E-state index in [2.05, 4.69) is 32.5 Å². The van der Waals surface area contributed by atoms with Crippen LogP contribution in [0.25, 0.3) is 11.0 Å². The van der Waals surface area contributed by atoms with Crippen LogP contribution in [-0.2, 0) is 25.2 Å². The molecule has 1 aliphatic heterocycles. The number of aryl methyl sites for hydroxylation is 1. The Morgan fingerprint density at radius 3 is 2.76 bits per heavy atom. The number of methoxy groups -OCH3 is 1. The number of halogens is 1. The Balaban J connectivity index is 1.38. The smallest absolute Gasteiger partial charge is 0.359 e. The van der Waals surface area contributed by atoms with E-state index in [9.17, 15) is 24.6 Å². The largest absolute Gasteiger partial charge is 0.387 e. The molecule has 38 heavy (non-hydrogen) atoms. The zero-order valence-electron chi connectivity index (χ0n) is 20.6. The molecule has 1 aromatic carbocycles. The molecule has 6 atom stereocenters. The van der Waals surface area contributed by atoms with Gasteiger partial charge in [0.25, 0.3) is 0 Å². The Labute approximate surface area is 222 Å². The number of fused-ring (bicyclic) bond motifs is 2. The van der Waals surface area contributed by atoms with E-state index in [1.165, 1.54) is 36.0 Å². The Hall–Kier alpha value is -2.19. The monoisotopic (exact) mass is 569 g/mol. The van der Waals surface area contributed by atoms with E-state index in [1.807, 2.05) is 12.1 Å². The molecule has 206 valence electrons. The molecule has 5 rings (SSSR count). The van der Waals surface area contributed by atoms with Gasteiger partial charge in [-0.15, -0.1) is 0 Å². The Bertz CT molecular complexity index is 1370. The number of aromatic nitrogens is 4. The van der Waals surface area contributed by atoms with Crippen molar-refractivity contribution < 1.29 is 38.8 Å². The highest BCUT2D eigenvalue weighted by molar-refractivity contribution is 7.53. The van der Waals surface area contributed by atoms with Crippen molar-refractivity contribution in [1.82, 2.24) is 19.7 Å². The summed E-state index contributed by atoms with van der Waals surface area (Å²) in [5, 5.41) is 27.7. The number of nitrogens with zero attached hydrogens (tertiary/aromatic N) is 4. The first kappa shape index (κ1) is 27.4. The second kappa shape index (κ2) is 10.4. The quantitative estimate of drug-likeness (QED) is 0.186. The summed E-state index contributed by atoms with van der Waals surface area (Å²) in [7, 11) is -3.46. The number of aliphatic hydroxyl groups excluding tert-OH is 2. The molecule has 0 bridgehead atoms. The summed E-state index contributed by atoms with van der Waals surface area (Å²) in [5.41, 5.74) is 2.72. The third-order valence-corrected chi connectivity index (χ3v) is 8.70. The summed E-state index contributed by atoms with van der Waals surface area (Å²) in [6, 6.07) is 8.19. The summed E-state index contributed by atoms with van der Waals surface area (Å²) < 4.78 is 29.4. The van der Waals surface area contributed by atoms with Gasteiger partial charge in [0.15, 0.2) is 17.2 Å². The van der Waals surface area contributed by atoms with Gasteiger partial charge in [-0.2, -0.15) is 15.1 Å². The van der Waals surface area contributed by atoms with Gasteiger partial charge in [-0.3, -0.25) is 4.57 Å². The average molecular weight is 570 g/mol. The van der Waals surface area contributed by atoms with Crippen LogP contribution < -0.4 is 5.32 Å². The molecule has 1 aliphatic carbocycles. The van der Waals surface area contributed by atoms with Crippen LogP contribution in [0.2, 0.25) is 5.28 Å². The van der Waals surface area contributed by atoms with E-state index in [0.29, 0.717) is 11.2 Å². The van der Waals surface area contributed by atoms with Crippen molar-refractivity contribution in [2.75, 3.05) is 25.6 Å². The molecule has 1 unspecified atom stereocenters. The van der Waals surface area contributed by atoms with Crippen molar-refractivity contribution in [3.63, 3.8) is 0 Å². The SMILES string of the molecule is COCC(C)(OC[C@H]1O[C@@H](n2ncc3c(N[C@@H]4CCc5ccccc54)nc(Cl)nc32)[C@H](O)[C@@H]1O)P(=O)(O)O. The van der Waals surface area contributed by atoms with Crippen LogP contribution in [0.5, 0.6) is 0 Å². The van der Waals surface area contributed by atoms with E-state index in [4.69, 9.17) is 25.8 Å². The highest BCUT2D eigenvalue weighted by atomic mass is 35.5. The summed E-state index contributed by atoms with van der Waals surface area (Å²) in [6.45, 7) is 0.374. The minimum atomic E-state index is -4.74. The summed E-state index contributed by atoms with van der Waals surface area (Å²) in [6.07, 6.45) is -1.84. The Morgan fingerprint density at radius 2 is 2.03 bits per heavy atom. The average Bonchev–Trinajstić information content (AvgIpc) is 3.54. The number of rotatable bonds is 9. The molecule has 1 fully saturated rings. The van der Waals surface area contributed by atoms with Gasteiger partial charge in [-0.25, -0.2) is 4.68 Å². The van der Waals surface area contributed by atoms with Gasteiger partial charge in [0.2, 0.25) is 5.28 Å². The van der Waals surface area contributed by atoms with Crippen LogP contribution in [0.15, 0.2) is 30.5 Å². The van der Waals surface area contributed by atoms with Crippen LogP contribution in [-0.4, -0.2) is 83.7 Å². The maximum Gasteiger partial charge on any atom is 0.359 e. The van der Waals surface area contributed by atoms with Gasteiger partial charge in [-0.05, 0) is 42.5 Å². The molecule has 15 heteroatoms.